The summed E-state index contributed by atoms with van der Waals surface area (Å²) in [5, 5.41) is 8.62. The van der Waals surface area contributed by atoms with E-state index in [-0.39, 0.29) is 5.41 Å². The largest absolute Gasteiger partial charge is 0.478 e. The van der Waals surface area contributed by atoms with E-state index in [9.17, 15) is 4.79 Å². The summed E-state index contributed by atoms with van der Waals surface area (Å²) in [6.45, 7) is 6.38. The molecule has 0 fully saturated rings. The minimum Gasteiger partial charge on any atom is -0.478 e. The van der Waals surface area contributed by atoms with Crippen molar-refractivity contribution in [3.63, 3.8) is 0 Å². The van der Waals surface area contributed by atoms with Gasteiger partial charge in [0, 0.05) is 6.08 Å². The van der Waals surface area contributed by atoms with Crippen LogP contribution < -0.4 is 0 Å². The highest BCUT2D eigenvalue weighted by molar-refractivity contribution is 5.81. The third kappa shape index (κ3) is 3.05. The van der Waals surface area contributed by atoms with E-state index < -0.39 is 5.97 Å². The van der Waals surface area contributed by atoms with Crippen LogP contribution in [-0.2, 0) is 4.79 Å². The maximum atomic E-state index is 10.5. The summed E-state index contributed by atoms with van der Waals surface area (Å²) in [5.74, 6) is -0.850. The zero-order chi connectivity index (χ0) is 10.1. The van der Waals surface area contributed by atoms with E-state index in [1.165, 1.54) is 11.6 Å². The Kier molecular flexibility index (Phi) is 2.60. The normalized spacial score (nSPS) is 24.2. The molecule has 0 aromatic heterocycles. The summed E-state index contributed by atoms with van der Waals surface area (Å²) in [7, 11) is 0. The molecule has 0 spiro atoms. The Morgan fingerprint density at radius 1 is 1.54 bits per heavy atom. The molecule has 13 heavy (non-hydrogen) atoms. The average Bonchev–Trinajstić information content (AvgIpc) is 1.78. The highest BCUT2D eigenvalue weighted by Gasteiger charge is 2.23. The summed E-state index contributed by atoms with van der Waals surface area (Å²) < 4.78 is 0. The van der Waals surface area contributed by atoms with Gasteiger partial charge in [-0.05, 0) is 30.8 Å². The number of carbonyl (C=O) groups is 1. The van der Waals surface area contributed by atoms with E-state index in [2.05, 4.69) is 20.8 Å². The van der Waals surface area contributed by atoms with Gasteiger partial charge in [-0.3, -0.25) is 0 Å². The van der Waals surface area contributed by atoms with Gasteiger partial charge >= 0.3 is 5.97 Å². The van der Waals surface area contributed by atoms with E-state index >= 15 is 0 Å². The van der Waals surface area contributed by atoms with Gasteiger partial charge < -0.3 is 5.11 Å². The van der Waals surface area contributed by atoms with Crippen LogP contribution in [0.15, 0.2) is 23.3 Å². The number of carboxylic acid groups (broad SMARTS) is 1. The fourth-order valence-electron chi connectivity index (χ4n) is 2.04. The first-order valence-corrected chi connectivity index (χ1v) is 4.50. The van der Waals surface area contributed by atoms with Crippen molar-refractivity contribution in [2.45, 2.75) is 33.6 Å². The third-order valence-electron chi connectivity index (χ3n) is 2.18. The Hall–Kier alpha value is -1.05. The second kappa shape index (κ2) is 3.36. The number of aliphatic carboxylic acids is 1. The summed E-state index contributed by atoms with van der Waals surface area (Å²) in [4.78, 5) is 10.5. The lowest BCUT2D eigenvalue weighted by Crippen LogP contribution is -2.16. The van der Waals surface area contributed by atoms with Crippen molar-refractivity contribution in [1.29, 1.82) is 0 Å². The lowest BCUT2D eigenvalue weighted by atomic mass is 9.75. The molecule has 2 nitrogen and oxygen atoms in total. The van der Waals surface area contributed by atoms with Crippen LogP contribution in [0, 0.1) is 5.41 Å². The summed E-state index contributed by atoms with van der Waals surface area (Å²) in [6.07, 6.45) is 5.21. The standard InChI is InChI=1S/C11H16O2/c1-8-4-9(5-10(12)13)7-11(2,3)6-8/h4-5H,6-7H2,1-3H3,(H,12,13)/b9-5-. The minimum absolute atomic E-state index is 0.208. The maximum absolute atomic E-state index is 10.5. The Balaban J connectivity index is 2.91. The van der Waals surface area contributed by atoms with Crippen molar-refractivity contribution in [3.8, 4) is 0 Å². The fourth-order valence-corrected chi connectivity index (χ4v) is 2.04. The quantitative estimate of drug-likeness (QED) is 0.630. The zero-order valence-electron chi connectivity index (χ0n) is 8.42. The van der Waals surface area contributed by atoms with Crippen LogP contribution in [0.4, 0.5) is 0 Å². The molecule has 0 amide bonds. The SMILES string of the molecule is CC1=C/C(=C/C(=O)O)CC(C)(C)C1. The molecular formula is C11H16O2. The molecule has 0 radical (unpaired) electrons. The van der Waals surface area contributed by atoms with Crippen LogP contribution in [0.5, 0.6) is 0 Å². The lowest BCUT2D eigenvalue weighted by molar-refractivity contribution is -0.131. The van der Waals surface area contributed by atoms with Gasteiger partial charge in [0.1, 0.15) is 0 Å². The molecule has 1 rings (SSSR count). The smallest absolute Gasteiger partial charge is 0.328 e. The molecule has 0 bridgehead atoms. The first-order valence-electron chi connectivity index (χ1n) is 4.50. The maximum Gasteiger partial charge on any atom is 0.328 e. The van der Waals surface area contributed by atoms with Crippen LogP contribution >= 0.6 is 0 Å². The molecule has 0 unspecified atom stereocenters. The van der Waals surface area contributed by atoms with E-state index in [0.29, 0.717) is 0 Å². The van der Waals surface area contributed by atoms with Crippen molar-refractivity contribution in [2.75, 3.05) is 0 Å². The monoisotopic (exact) mass is 180 g/mol. The predicted octanol–water partition coefficient (Wildman–Crippen LogP) is 2.76. The molecule has 0 heterocycles. The van der Waals surface area contributed by atoms with E-state index in [1.54, 1.807) is 0 Å². The molecule has 1 N–H and O–H groups in total. The third-order valence-corrected chi connectivity index (χ3v) is 2.18. The highest BCUT2D eigenvalue weighted by atomic mass is 16.4. The van der Waals surface area contributed by atoms with Crippen molar-refractivity contribution < 1.29 is 9.90 Å². The van der Waals surface area contributed by atoms with Gasteiger partial charge in [-0.15, -0.1) is 0 Å². The van der Waals surface area contributed by atoms with Crippen molar-refractivity contribution in [2.24, 2.45) is 5.41 Å². The Morgan fingerprint density at radius 3 is 2.62 bits per heavy atom. The van der Waals surface area contributed by atoms with Crippen LogP contribution in [0.2, 0.25) is 0 Å². The summed E-state index contributed by atoms with van der Waals surface area (Å²) in [5.41, 5.74) is 2.41. The topological polar surface area (TPSA) is 37.3 Å². The molecule has 0 saturated heterocycles. The van der Waals surface area contributed by atoms with Crippen molar-refractivity contribution in [1.82, 2.24) is 0 Å². The van der Waals surface area contributed by atoms with Crippen molar-refractivity contribution >= 4 is 5.97 Å². The molecule has 2 heteroatoms. The zero-order valence-corrected chi connectivity index (χ0v) is 8.42. The molecule has 0 aromatic carbocycles. The molecule has 0 atom stereocenters. The molecule has 1 aliphatic carbocycles. The number of carboxylic acids is 1. The van der Waals surface area contributed by atoms with Gasteiger partial charge in [-0.25, -0.2) is 4.79 Å². The second-order valence-electron chi connectivity index (χ2n) is 4.57. The van der Waals surface area contributed by atoms with E-state index in [4.69, 9.17) is 5.11 Å². The first-order chi connectivity index (χ1) is 5.89. The van der Waals surface area contributed by atoms with Crippen LogP contribution in [-0.4, -0.2) is 11.1 Å². The van der Waals surface area contributed by atoms with E-state index in [1.807, 2.05) is 6.08 Å². The highest BCUT2D eigenvalue weighted by Crippen LogP contribution is 2.37. The van der Waals surface area contributed by atoms with Crippen LogP contribution in [0.3, 0.4) is 0 Å². The van der Waals surface area contributed by atoms with Gasteiger partial charge in [0.2, 0.25) is 0 Å². The fraction of sp³-hybridized carbons (Fsp3) is 0.545. The van der Waals surface area contributed by atoms with E-state index in [0.717, 1.165) is 18.4 Å². The number of allylic oxidation sites excluding steroid dienone is 3. The molecule has 0 aliphatic heterocycles. The van der Waals surface area contributed by atoms with Gasteiger partial charge in [-0.1, -0.05) is 25.5 Å². The Labute approximate surface area is 79.0 Å². The number of rotatable bonds is 1. The first kappa shape index (κ1) is 10.0. The van der Waals surface area contributed by atoms with Crippen LogP contribution in [0.25, 0.3) is 0 Å². The average molecular weight is 180 g/mol. The van der Waals surface area contributed by atoms with Crippen LogP contribution in [0.1, 0.15) is 33.6 Å². The van der Waals surface area contributed by atoms with Gasteiger partial charge in [-0.2, -0.15) is 0 Å². The summed E-state index contributed by atoms with van der Waals surface area (Å²) in [6, 6.07) is 0. The lowest BCUT2D eigenvalue weighted by Gasteiger charge is -2.29. The molecule has 0 aromatic rings. The number of hydrogen-bond acceptors (Lipinski definition) is 1. The minimum atomic E-state index is -0.850. The molecule has 72 valence electrons. The number of hydrogen-bond donors (Lipinski definition) is 1. The van der Waals surface area contributed by atoms with Crippen molar-refractivity contribution in [3.05, 3.63) is 23.3 Å². The molecule has 0 saturated carbocycles. The molecule has 1 aliphatic rings. The second-order valence-corrected chi connectivity index (χ2v) is 4.57. The van der Waals surface area contributed by atoms with Gasteiger partial charge in [0.25, 0.3) is 0 Å². The predicted molar refractivity (Wildman–Crippen MR) is 52.5 cm³/mol. The molecular weight excluding hydrogens is 164 g/mol. The van der Waals surface area contributed by atoms with Gasteiger partial charge in [0.15, 0.2) is 0 Å². The summed E-state index contributed by atoms with van der Waals surface area (Å²) >= 11 is 0. The Bertz CT molecular complexity index is 282. The van der Waals surface area contributed by atoms with Gasteiger partial charge in [0.05, 0.1) is 0 Å². The Morgan fingerprint density at radius 2 is 2.15 bits per heavy atom.